The second-order valence-corrected chi connectivity index (χ2v) is 6.65. The summed E-state index contributed by atoms with van der Waals surface area (Å²) >= 11 is 1.32. The molecule has 0 spiro atoms. The normalized spacial score (nSPS) is 25.1. The van der Waals surface area contributed by atoms with Crippen LogP contribution in [0.15, 0.2) is 4.99 Å². The molecule has 0 aromatic rings. The molecule has 7 nitrogen and oxygen atoms in total. The summed E-state index contributed by atoms with van der Waals surface area (Å²) in [4.78, 5) is 42.9. The van der Waals surface area contributed by atoms with E-state index in [9.17, 15) is 14.4 Å². The van der Waals surface area contributed by atoms with Crippen LogP contribution >= 0.6 is 11.8 Å². The van der Waals surface area contributed by atoms with Gasteiger partial charge in [-0.25, -0.2) is 9.79 Å². The number of hydrogen-bond donors (Lipinski definition) is 1. The number of aliphatic imine (C=N–C) groups is 1. The molecule has 0 aliphatic carbocycles. The molecule has 2 unspecified atom stereocenters. The van der Waals surface area contributed by atoms with E-state index in [1.54, 1.807) is 7.05 Å². The van der Waals surface area contributed by atoms with E-state index in [1.165, 1.54) is 23.6 Å². The SMILES string of the molecule is CC(=O)CSC1=NC2C(C(=O)NC(=O)N2C)N1CC(C)C. The van der Waals surface area contributed by atoms with E-state index in [-0.39, 0.29) is 11.7 Å². The van der Waals surface area contributed by atoms with E-state index in [4.69, 9.17) is 0 Å². The number of amides is 3. The number of amidine groups is 1. The minimum atomic E-state index is -0.514. The van der Waals surface area contributed by atoms with Crippen LogP contribution in [0, 0.1) is 5.92 Å². The van der Waals surface area contributed by atoms with Crippen molar-refractivity contribution >= 4 is 34.7 Å². The van der Waals surface area contributed by atoms with E-state index in [0.29, 0.717) is 23.4 Å². The van der Waals surface area contributed by atoms with Crippen LogP contribution in [0.4, 0.5) is 4.79 Å². The highest BCUT2D eigenvalue weighted by Crippen LogP contribution is 2.29. The van der Waals surface area contributed by atoms with Gasteiger partial charge < -0.3 is 9.80 Å². The number of nitrogens with zero attached hydrogens (tertiary/aromatic N) is 3. The Hall–Kier alpha value is -1.57. The number of fused-ring (bicyclic) bond motifs is 1. The smallest absolute Gasteiger partial charge is 0.325 e. The summed E-state index contributed by atoms with van der Waals surface area (Å²) < 4.78 is 0. The molecule has 2 heterocycles. The van der Waals surface area contributed by atoms with Crippen molar-refractivity contribution in [3.63, 3.8) is 0 Å². The number of likely N-dealkylation sites (N-methyl/N-ethyl adjacent to an activating group) is 1. The molecule has 2 rings (SSSR count). The third-order valence-electron chi connectivity index (χ3n) is 3.29. The average molecular weight is 312 g/mol. The zero-order valence-electron chi connectivity index (χ0n) is 12.6. The van der Waals surface area contributed by atoms with E-state index < -0.39 is 18.2 Å². The molecular weight excluding hydrogens is 292 g/mol. The van der Waals surface area contributed by atoms with Gasteiger partial charge in [-0.1, -0.05) is 25.6 Å². The molecule has 21 heavy (non-hydrogen) atoms. The second-order valence-electron chi connectivity index (χ2n) is 5.71. The lowest BCUT2D eigenvalue weighted by Gasteiger charge is -2.36. The van der Waals surface area contributed by atoms with Gasteiger partial charge in [0.2, 0.25) is 0 Å². The van der Waals surface area contributed by atoms with Gasteiger partial charge in [-0.15, -0.1) is 0 Å². The standard InChI is InChI=1S/C13H20N4O3S/c1-7(2)5-17-9-10(14-13(17)21-6-8(3)18)16(4)12(20)15-11(9)19/h7,9-10H,5-6H2,1-4H3,(H,15,19,20). The van der Waals surface area contributed by atoms with Gasteiger partial charge in [0.15, 0.2) is 17.4 Å². The summed E-state index contributed by atoms with van der Waals surface area (Å²) in [7, 11) is 1.62. The fourth-order valence-corrected chi connectivity index (χ4v) is 3.24. The van der Waals surface area contributed by atoms with Gasteiger partial charge >= 0.3 is 6.03 Å². The van der Waals surface area contributed by atoms with Gasteiger partial charge in [0.05, 0.1) is 5.75 Å². The molecule has 1 saturated heterocycles. The largest absolute Gasteiger partial charge is 0.335 e. The fourth-order valence-electron chi connectivity index (χ4n) is 2.37. The summed E-state index contributed by atoms with van der Waals surface area (Å²) in [5.74, 6) is 0.371. The first-order valence-electron chi connectivity index (χ1n) is 6.85. The predicted octanol–water partition coefficient (Wildman–Crippen LogP) is 0.512. The van der Waals surface area contributed by atoms with Crippen molar-refractivity contribution in [3.8, 4) is 0 Å². The molecule has 1 N–H and O–H groups in total. The molecule has 2 atom stereocenters. The third-order valence-corrected chi connectivity index (χ3v) is 4.44. The van der Waals surface area contributed by atoms with E-state index in [2.05, 4.69) is 24.2 Å². The highest BCUT2D eigenvalue weighted by atomic mass is 32.2. The zero-order chi connectivity index (χ0) is 15.7. The zero-order valence-corrected chi connectivity index (χ0v) is 13.4. The van der Waals surface area contributed by atoms with Gasteiger partial charge in [0.25, 0.3) is 5.91 Å². The van der Waals surface area contributed by atoms with Gasteiger partial charge in [-0.3, -0.25) is 14.9 Å². The van der Waals surface area contributed by atoms with Gasteiger partial charge in [-0.05, 0) is 12.8 Å². The molecule has 116 valence electrons. The van der Waals surface area contributed by atoms with Crippen LogP contribution in [0.5, 0.6) is 0 Å². The fraction of sp³-hybridized carbons (Fsp3) is 0.692. The molecule has 0 radical (unpaired) electrons. The Morgan fingerprint density at radius 2 is 2.10 bits per heavy atom. The molecule has 1 fully saturated rings. The minimum Gasteiger partial charge on any atom is -0.335 e. The molecule has 0 aromatic carbocycles. The van der Waals surface area contributed by atoms with Crippen LogP contribution in [-0.4, -0.2) is 64.2 Å². The van der Waals surface area contributed by atoms with Gasteiger partial charge in [-0.2, -0.15) is 0 Å². The maximum atomic E-state index is 12.2. The van der Waals surface area contributed by atoms with Crippen LogP contribution in [0.2, 0.25) is 0 Å². The van der Waals surface area contributed by atoms with Crippen molar-refractivity contribution in [2.45, 2.75) is 33.0 Å². The number of thioether (sulfide) groups is 1. The first-order valence-corrected chi connectivity index (χ1v) is 7.84. The van der Waals surface area contributed by atoms with Crippen LogP contribution in [-0.2, 0) is 9.59 Å². The van der Waals surface area contributed by atoms with Crippen molar-refractivity contribution in [3.05, 3.63) is 0 Å². The number of urea groups is 1. The summed E-state index contributed by atoms with van der Waals surface area (Å²) in [5, 5.41) is 3.00. The third kappa shape index (κ3) is 3.20. The maximum Gasteiger partial charge on any atom is 0.325 e. The van der Waals surface area contributed by atoms with Crippen LogP contribution in [0.3, 0.4) is 0 Å². The number of rotatable bonds is 4. The molecule has 3 amide bonds. The molecule has 8 heteroatoms. The number of carbonyl (C=O) groups excluding carboxylic acids is 3. The second kappa shape index (κ2) is 6.05. The molecule has 0 aromatic heterocycles. The van der Waals surface area contributed by atoms with Crippen LogP contribution in [0.1, 0.15) is 20.8 Å². The van der Waals surface area contributed by atoms with Gasteiger partial charge in [0, 0.05) is 13.6 Å². The first-order chi connectivity index (χ1) is 9.81. The monoisotopic (exact) mass is 312 g/mol. The summed E-state index contributed by atoms with van der Waals surface area (Å²) in [5.41, 5.74) is 0. The summed E-state index contributed by atoms with van der Waals surface area (Å²) in [6.07, 6.45) is -0.514. The molecule has 2 aliphatic heterocycles. The Morgan fingerprint density at radius 1 is 1.43 bits per heavy atom. The summed E-state index contributed by atoms with van der Waals surface area (Å²) in [6.45, 7) is 6.28. The Labute approximate surface area is 128 Å². The number of carbonyl (C=O) groups is 3. The highest BCUT2D eigenvalue weighted by molar-refractivity contribution is 8.14. The lowest BCUT2D eigenvalue weighted by molar-refractivity contribution is -0.127. The van der Waals surface area contributed by atoms with Crippen molar-refractivity contribution < 1.29 is 14.4 Å². The molecular formula is C13H20N4O3S. The number of Topliss-reactive ketones (excluding diaryl/α,β-unsaturated/α-hetero) is 1. The molecule has 2 aliphatic rings. The van der Waals surface area contributed by atoms with Crippen LogP contribution < -0.4 is 5.32 Å². The Morgan fingerprint density at radius 3 is 2.67 bits per heavy atom. The van der Waals surface area contributed by atoms with Gasteiger partial charge in [0.1, 0.15) is 5.78 Å². The Kier molecular flexibility index (Phi) is 4.55. The van der Waals surface area contributed by atoms with E-state index >= 15 is 0 Å². The van der Waals surface area contributed by atoms with Crippen molar-refractivity contribution in [2.24, 2.45) is 10.9 Å². The maximum absolute atomic E-state index is 12.2. The van der Waals surface area contributed by atoms with E-state index in [0.717, 1.165) is 0 Å². The quantitative estimate of drug-likeness (QED) is 0.818. The Bertz CT molecular complexity index is 506. The van der Waals surface area contributed by atoms with Crippen LogP contribution in [0.25, 0.3) is 0 Å². The Balaban J connectivity index is 2.26. The van der Waals surface area contributed by atoms with Crippen molar-refractivity contribution in [1.29, 1.82) is 0 Å². The summed E-state index contributed by atoms with van der Waals surface area (Å²) in [6, 6.07) is -0.947. The molecule has 0 saturated carbocycles. The predicted molar refractivity (Wildman–Crippen MR) is 81.0 cm³/mol. The number of ketones is 1. The van der Waals surface area contributed by atoms with E-state index in [1.807, 2.05) is 4.90 Å². The number of nitrogens with one attached hydrogen (secondary N) is 1. The minimum absolute atomic E-state index is 0.0518. The van der Waals surface area contributed by atoms with Crippen molar-refractivity contribution in [1.82, 2.24) is 15.1 Å². The number of imide groups is 1. The number of hydrogen-bond acceptors (Lipinski definition) is 6. The lowest BCUT2D eigenvalue weighted by Crippen LogP contribution is -2.63. The average Bonchev–Trinajstić information content (AvgIpc) is 2.72. The highest BCUT2D eigenvalue weighted by Gasteiger charge is 2.48. The molecule has 0 bridgehead atoms. The topological polar surface area (TPSA) is 82.1 Å². The lowest BCUT2D eigenvalue weighted by atomic mass is 10.1. The van der Waals surface area contributed by atoms with Crippen molar-refractivity contribution in [2.75, 3.05) is 19.3 Å². The first kappa shape index (κ1) is 15.8.